The Hall–Kier alpha value is -0.610. The second-order valence-corrected chi connectivity index (χ2v) is 6.75. The Balaban J connectivity index is 1.93. The van der Waals surface area contributed by atoms with Crippen molar-refractivity contribution in [2.24, 2.45) is 5.92 Å². The number of nitrogens with one attached hydrogen (secondary N) is 2. The fourth-order valence-electron chi connectivity index (χ4n) is 3.97. The Bertz CT molecular complexity index is 324. The standard InChI is InChI=1S/C17H33N3O/c1-4-15(5-2)19-17(21)13(3)20-11-7-9-16(20)14-8-6-10-18-12-14/h13-16,18H,4-12H2,1-3H3,(H,19,21). The molecular formula is C17H33N3O. The summed E-state index contributed by atoms with van der Waals surface area (Å²) < 4.78 is 0. The van der Waals surface area contributed by atoms with Gasteiger partial charge in [0.2, 0.25) is 5.91 Å². The summed E-state index contributed by atoms with van der Waals surface area (Å²) in [7, 11) is 0. The summed E-state index contributed by atoms with van der Waals surface area (Å²) in [6, 6.07) is 0.942. The van der Waals surface area contributed by atoms with E-state index in [1.165, 1.54) is 25.7 Å². The molecule has 0 saturated carbocycles. The van der Waals surface area contributed by atoms with E-state index in [-0.39, 0.29) is 11.9 Å². The van der Waals surface area contributed by atoms with Gasteiger partial charge in [0.25, 0.3) is 0 Å². The zero-order chi connectivity index (χ0) is 15.2. The molecule has 2 aliphatic heterocycles. The highest BCUT2D eigenvalue weighted by Gasteiger charge is 2.37. The van der Waals surface area contributed by atoms with Gasteiger partial charge in [-0.3, -0.25) is 9.69 Å². The number of piperidine rings is 1. The van der Waals surface area contributed by atoms with E-state index in [0.717, 1.165) is 38.4 Å². The van der Waals surface area contributed by atoms with Crippen LogP contribution >= 0.6 is 0 Å². The normalized spacial score (nSPS) is 28.8. The van der Waals surface area contributed by atoms with Crippen molar-refractivity contribution in [2.45, 2.75) is 77.4 Å². The monoisotopic (exact) mass is 295 g/mol. The van der Waals surface area contributed by atoms with Gasteiger partial charge in [-0.05, 0) is 71.0 Å². The molecule has 2 heterocycles. The van der Waals surface area contributed by atoms with E-state index in [2.05, 4.69) is 36.3 Å². The van der Waals surface area contributed by atoms with Crippen molar-refractivity contribution >= 4 is 5.91 Å². The largest absolute Gasteiger partial charge is 0.352 e. The lowest BCUT2D eigenvalue weighted by Crippen LogP contribution is -2.52. The number of carbonyl (C=O) groups is 1. The lowest BCUT2D eigenvalue weighted by molar-refractivity contribution is -0.127. The molecule has 4 heteroatoms. The quantitative estimate of drug-likeness (QED) is 0.789. The van der Waals surface area contributed by atoms with E-state index in [9.17, 15) is 4.79 Å². The number of hydrogen-bond donors (Lipinski definition) is 2. The molecule has 21 heavy (non-hydrogen) atoms. The SMILES string of the molecule is CCC(CC)NC(=O)C(C)N1CCCC1C1CCCNC1. The van der Waals surface area contributed by atoms with Crippen LogP contribution in [0.1, 0.15) is 59.3 Å². The Morgan fingerprint density at radius 2 is 2.05 bits per heavy atom. The molecule has 2 saturated heterocycles. The summed E-state index contributed by atoms with van der Waals surface area (Å²) >= 11 is 0. The van der Waals surface area contributed by atoms with Crippen molar-refractivity contribution < 1.29 is 4.79 Å². The summed E-state index contributed by atoms with van der Waals surface area (Å²) in [6.07, 6.45) is 7.13. The Morgan fingerprint density at radius 1 is 1.29 bits per heavy atom. The van der Waals surface area contributed by atoms with Crippen LogP contribution in [0.25, 0.3) is 0 Å². The van der Waals surface area contributed by atoms with Gasteiger partial charge in [0.1, 0.15) is 0 Å². The first-order valence-electron chi connectivity index (χ1n) is 8.94. The maximum atomic E-state index is 12.5. The minimum Gasteiger partial charge on any atom is -0.352 e. The summed E-state index contributed by atoms with van der Waals surface area (Å²) in [4.78, 5) is 15.0. The van der Waals surface area contributed by atoms with Gasteiger partial charge in [0.05, 0.1) is 6.04 Å². The van der Waals surface area contributed by atoms with Crippen LogP contribution in [0.3, 0.4) is 0 Å². The summed E-state index contributed by atoms with van der Waals surface area (Å²) in [5.74, 6) is 0.948. The van der Waals surface area contributed by atoms with E-state index < -0.39 is 0 Å². The highest BCUT2D eigenvalue weighted by Crippen LogP contribution is 2.29. The average molecular weight is 295 g/mol. The molecule has 2 aliphatic rings. The highest BCUT2D eigenvalue weighted by atomic mass is 16.2. The minimum atomic E-state index is 0.0139. The molecule has 0 aromatic rings. The van der Waals surface area contributed by atoms with E-state index in [4.69, 9.17) is 0 Å². The van der Waals surface area contributed by atoms with Gasteiger partial charge in [0.15, 0.2) is 0 Å². The Morgan fingerprint density at radius 3 is 2.67 bits per heavy atom. The van der Waals surface area contributed by atoms with Gasteiger partial charge in [0, 0.05) is 12.1 Å². The van der Waals surface area contributed by atoms with Crippen LogP contribution in [0, 0.1) is 5.92 Å². The van der Waals surface area contributed by atoms with E-state index in [0.29, 0.717) is 12.1 Å². The molecule has 122 valence electrons. The molecule has 0 aliphatic carbocycles. The maximum absolute atomic E-state index is 12.5. The van der Waals surface area contributed by atoms with Crippen molar-refractivity contribution in [3.05, 3.63) is 0 Å². The number of hydrogen-bond acceptors (Lipinski definition) is 3. The van der Waals surface area contributed by atoms with Crippen LogP contribution in [-0.2, 0) is 4.79 Å². The first-order chi connectivity index (χ1) is 10.2. The number of likely N-dealkylation sites (tertiary alicyclic amines) is 1. The lowest BCUT2D eigenvalue weighted by Gasteiger charge is -2.37. The van der Waals surface area contributed by atoms with Gasteiger partial charge in [-0.15, -0.1) is 0 Å². The fourth-order valence-corrected chi connectivity index (χ4v) is 3.97. The third kappa shape index (κ3) is 4.19. The molecule has 0 radical (unpaired) electrons. The number of amides is 1. The highest BCUT2D eigenvalue weighted by molar-refractivity contribution is 5.81. The van der Waals surface area contributed by atoms with Gasteiger partial charge in [-0.1, -0.05) is 13.8 Å². The molecule has 0 spiro atoms. The first-order valence-corrected chi connectivity index (χ1v) is 8.94. The zero-order valence-corrected chi connectivity index (χ0v) is 14.0. The van der Waals surface area contributed by atoms with Gasteiger partial charge < -0.3 is 10.6 Å². The molecule has 1 amide bonds. The average Bonchev–Trinajstić information content (AvgIpc) is 3.01. The summed E-state index contributed by atoms with van der Waals surface area (Å²) in [6.45, 7) is 9.75. The number of nitrogens with zero attached hydrogens (tertiary/aromatic N) is 1. The van der Waals surface area contributed by atoms with Crippen molar-refractivity contribution in [3.63, 3.8) is 0 Å². The molecule has 3 unspecified atom stereocenters. The summed E-state index contributed by atoms with van der Waals surface area (Å²) in [5, 5.41) is 6.74. The van der Waals surface area contributed by atoms with Gasteiger partial charge in [-0.2, -0.15) is 0 Å². The molecule has 0 bridgehead atoms. The molecule has 2 fully saturated rings. The van der Waals surface area contributed by atoms with Crippen LogP contribution in [-0.4, -0.2) is 48.6 Å². The van der Waals surface area contributed by atoms with Gasteiger partial charge in [-0.25, -0.2) is 0 Å². The van der Waals surface area contributed by atoms with Gasteiger partial charge >= 0.3 is 0 Å². The van der Waals surface area contributed by atoms with Crippen LogP contribution < -0.4 is 10.6 Å². The molecule has 0 aromatic carbocycles. The van der Waals surface area contributed by atoms with E-state index >= 15 is 0 Å². The Labute approximate surface area is 130 Å². The summed E-state index contributed by atoms with van der Waals surface area (Å²) in [5.41, 5.74) is 0. The smallest absolute Gasteiger partial charge is 0.237 e. The first kappa shape index (κ1) is 16.8. The molecule has 2 rings (SSSR count). The molecular weight excluding hydrogens is 262 g/mol. The fraction of sp³-hybridized carbons (Fsp3) is 0.941. The van der Waals surface area contributed by atoms with E-state index in [1.807, 2.05) is 0 Å². The van der Waals surface area contributed by atoms with Crippen molar-refractivity contribution in [1.29, 1.82) is 0 Å². The molecule has 4 nitrogen and oxygen atoms in total. The van der Waals surface area contributed by atoms with Crippen molar-refractivity contribution in [1.82, 2.24) is 15.5 Å². The van der Waals surface area contributed by atoms with Crippen LogP contribution in [0.15, 0.2) is 0 Å². The zero-order valence-electron chi connectivity index (χ0n) is 14.0. The van der Waals surface area contributed by atoms with Crippen molar-refractivity contribution in [3.8, 4) is 0 Å². The third-order valence-electron chi connectivity index (χ3n) is 5.43. The third-order valence-corrected chi connectivity index (χ3v) is 5.43. The second kappa shape index (κ2) is 8.14. The lowest BCUT2D eigenvalue weighted by atomic mass is 9.89. The minimum absolute atomic E-state index is 0.0139. The van der Waals surface area contributed by atoms with Crippen LogP contribution in [0.5, 0.6) is 0 Å². The molecule has 0 aromatic heterocycles. The molecule has 2 N–H and O–H groups in total. The molecule has 3 atom stereocenters. The Kier molecular flexibility index (Phi) is 6.49. The van der Waals surface area contributed by atoms with Crippen LogP contribution in [0.2, 0.25) is 0 Å². The predicted octanol–water partition coefficient (Wildman–Crippen LogP) is 2.14. The second-order valence-electron chi connectivity index (χ2n) is 6.75. The predicted molar refractivity (Wildman–Crippen MR) is 87.3 cm³/mol. The number of rotatable bonds is 6. The van der Waals surface area contributed by atoms with E-state index in [1.54, 1.807) is 0 Å². The number of carbonyl (C=O) groups excluding carboxylic acids is 1. The topological polar surface area (TPSA) is 44.4 Å². The maximum Gasteiger partial charge on any atom is 0.237 e. The van der Waals surface area contributed by atoms with Crippen LogP contribution in [0.4, 0.5) is 0 Å². The van der Waals surface area contributed by atoms with Crippen molar-refractivity contribution in [2.75, 3.05) is 19.6 Å².